The number of carboxylic acid groups (broad SMARTS) is 1. The number of carboxylic acids is 1. The molecular weight excluding hydrogens is 222 g/mol. The summed E-state index contributed by atoms with van der Waals surface area (Å²) in [6.45, 7) is 1.20. The number of rotatable bonds is 1. The van der Waals surface area contributed by atoms with E-state index >= 15 is 0 Å². The molecule has 2 rings (SSSR count). The van der Waals surface area contributed by atoms with Gasteiger partial charge in [-0.3, -0.25) is 4.79 Å². The zero-order valence-corrected chi connectivity index (χ0v) is 9.25. The summed E-state index contributed by atoms with van der Waals surface area (Å²) in [4.78, 5) is 23.0. The standard InChI is InChI=1S/C9H7NO.C3H6O3/c11-9-6-5-7-3-1-2-4-8(7)10-9;1-2(4)3(5)6/h1-6H,(H,10,11);2,4H,1H3,(H,5,6). The molecule has 0 aliphatic heterocycles. The van der Waals surface area contributed by atoms with E-state index in [0.717, 1.165) is 10.9 Å². The van der Waals surface area contributed by atoms with Gasteiger partial charge in [-0.15, -0.1) is 0 Å². The Hall–Kier alpha value is -2.14. The quantitative estimate of drug-likeness (QED) is 0.687. The van der Waals surface area contributed by atoms with Crippen LogP contribution in [-0.2, 0) is 4.79 Å². The van der Waals surface area contributed by atoms with E-state index in [1.165, 1.54) is 13.0 Å². The zero-order valence-electron chi connectivity index (χ0n) is 9.25. The molecular formula is C12H13NO4. The molecule has 2 aromatic rings. The van der Waals surface area contributed by atoms with Crippen LogP contribution in [0, 0.1) is 0 Å². The maximum Gasteiger partial charge on any atom is 0.332 e. The molecule has 0 saturated carbocycles. The highest BCUT2D eigenvalue weighted by Crippen LogP contribution is 2.06. The van der Waals surface area contributed by atoms with E-state index in [1.54, 1.807) is 0 Å². The van der Waals surface area contributed by atoms with Crippen molar-refractivity contribution in [2.45, 2.75) is 13.0 Å². The number of aliphatic hydroxyl groups excluding tert-OH is 1. The van der Waals surface area contributed by atoms with Gasteiger partial charge in [0.15, 0.2) is 0 Å². The number of fused-ring (bicyclic) bond motifs is 1. The molecule has 3 N–H and O–H groups in total. The monoisotopic (exact) mass is 235 g/mol. The molecule has 1 unspecified atom stereocenters. The number of aliphatic carboxylic acids is 1. The summed E-state index contributed by atoms with van der Waals surface area (Å²) in [5, 5.41) is 16.8. The summed E-state index contributed by atoms with van der Waals surface area (Å²) in [5.41, 5.74) is 0.837. The first kappa shape index (κ1) is 12.9. The van der Waals surface area contributed by atoms with Crippen LogP contribution in [0.2, 0.25) is 0 Å². The fourth-order valence-electron chi connectivity index (χ4n) is 1.10. The molecule has 0 aliphatic rings. The van der Waals surface area contributed by atoms with E-state index in [-0.39, 0.29) is 5.56 Å². The molecule has 0 fully saturated rings. The summed E-state index contributed by atoms with van der Waals surface area (Å²) >= 11 is 0. The highest BCUT2D eigenvalue weighted by molar-refractivity contribution is 5.77. The van der Waals surface area contributed by atoms with Gasteiger partial charge in [0.25, 0.3) is 0 Å². The Bertz CT molecular complexity index is 559. The van der Waals surface area contributed by atoms with Crippen LogP contribution in [0.25, 0.3) is 10.9 Å². The number of para-hydroxylation sites is 1. The van der Waals surface area contributed by atoms with Crippen LogP contribution in [0.4, 0.5) is 0 Å². The number of benzene rings is 1. The first-order valence-corrected chi connectivity index (χ1v) is 4.99. The number of aliphatic hydroxyl groups is 1. The van der Waals surface area contributed by atoms with Gasteiger partial charge in [0.1, 0.15) is 6.10 Å². The molecule has 5 heteroatoms. The van der Waals surface area contributed by atoms with Crippen molar-refractivity contribution in [3.8, 4) is 0 Å². The van der Waals surface area contributed by atoms with Gasteiger partial charge in [-0.25, -0.2) is 4.79 Å². The van der Waals surface area contributed by atoms with Gasteiger partial charge in [0.2, 0.25) is 5.56 Å². The van der Waals surface area contributed by atoms with Gasteiger partial charge in [0, 0.05) is 11.6 Å². The highest BCUT2D eigenvalue weighted by Gasteiger charge is 2.01. The largest absolute Gasteiger partial charge is 0.479 e. The van der Waals surface area contributed by atoms with E-state index in [0.29, 0.717) is 0 Å². The second kappa shape index (κ2) is 5.81. The Morgan fingerprint density at radius 3 is 2.41 bits per heavy atom. The minimum Gasteiger partial charge on any atom is -0.479 e. The highest BCUT2D eigenvalue weighted by atomic mass is 16.4. The Labute approximate surface area is 97.3 Å². The molecule has 90 valence electrons. The zero-order chi connectivity index (χ0) is 12.8. The predicted molar refractivity (Wildman–Crippen MR) is 63.9 cm³/mol. The van der Waals surface area contributed by atoms with Crippen molar-refractivity contribution in [2.24, 2.45) is 0 Å². The summed E-state index contributed by atoms with van der Waals surface area (Å²) < 4.78 is 0. The van der Waals surface area contributed by atoms with Gasteiger partial charge in [-0.1, -0.05) is 18.2 Å². The van der Waals surface area contributed by atoms with Crippen molar-refractivity contribution in [1.29, 1.82) is 0 Å². The van der Waals surface area contributed by atoms with Crippen LogP contribution in [0.3, 0.4) is 0 Å². The summed E-state index contributed by atoms with van der Waals surface area (Å²) in [7, 11) is 0. The third kappa shape index (κ3) is 4.08. The van der Waals surface area contributed by atoms with Crippen molar-refractivity contribution in [1.82, 2.24) is 4.98 Å². The first-order valence-electron chi connectivity index (χ1n) is 4.99. The molecule has 1 aromatic carbocycles. The van der Waals surface area contributed by atoms with Crippen LogP contribution in [0.5, 0.6) is 0 Å². The Morgan fingerprint density at radius 2 is 1.82 bits per heavy atom. The maximum atomic E-state index is 10.8. The van der Waals surface area contributed by atoms with Gasteiger partial charge in [0.05, 0.1) is 0 Å². The SMILES string of the molecule is CC(O)C(=O)O.O=c1ccc2ccccc2[nH]1. The second-order valence-electron chi connectivity index (χ2n) is 3.42. The number of aromatic nitrogens is 1. The first-order chi connectivity index (χ1) is 8.00. The molecule has 1 atom stereocenters. The van der Waals surface area contributed by atoms with E-state index < -0.39 is 12.1 Å². The average molecular weight is 235 g/mol. The van der Waals surface area contributed by atoms with Crippen molar-refractivity contribution in [3.05, 3.63) is 46.8 Å². The van der Waals surface area contributed by atoms with Crippen LogP contribution in [0.15, 0.2) is 41.2 Å². The van der Waals surface area contributed by atoms with Gasteiger partial charge in [-0.2, -0.15) is 0 Å². The molecule has 0 saturated heterocycles. The lowest BCUT2D eigenvalue weighted by molar-refractivity contribution is -0.145. The van der Waals surface area contributed by atoms with E-state index in [1.807, 2.05) is 30.3 Å². The average Bonchev–Trinajstić information content (AvgIpc) is 2.29. The lowest BCUT2D eigenvalue weighted by atomic mass is 10.2. The molecule has 0 aliphatic carbocycles. The lowest BCUT2D eigenvalue weighted by Gasteiger charge is -1.93. The number of hydrogen-bond donors (Lipinski definition) is 3. The molecule has 1 heterocycles. The molecule has 0 amide bonds. The van der Waals surface area contributed by atoms with Crippen LogP contribution in [0.1, 0.15) is 6.92 Å². The lowest BCUT2D eigenvalue weighted by Crippen LogP contribution is -2.13. The summed E-state index contributed by atoms with van der Waals surface area (Å²) in [5.74, 6) is -1.19. The summed E-state index contributed by atoms with van der Waals surface area (Å²) in [6, 6.07) is 11.0. The third-order valence-corrected chi connectivity index (χ3v) is 1.99. The Morgan fingerprint density at radius 1 is 1.24 bits per heavy atom. The number of nitrogens with one attached hydrogen (secondary N) is 1. The Kier molecular flexibility index (Phi) is 4.42. The minimum absolute atomic E-state index is 0.0521. The molecule has 5 nitrogen and oxygen atoms in total. The molecule has 0 bridgehead atoms. The van der Waals surface area contributed by atoms with Crippen LogP contribution >= 0.6 is 0 Å². The number of H-pyrrole nitrogens is 1. The topological polar surface area (TPSA) is 90.4 Å². The molecule has 17 heavy (non-hydrogen) atoms. The van der Waals surface area contributed by atoms with E-state index in [9.17, 15) is 9.59 Å². The Balaban J connectivity index is 0.000000209. The van der Waals surface area contributed by atoms with Gasteiger partial charge >= 0.3 is 5.97 Å². The van der Waals surface area contributed by atoms with Crippen molar-refractivity contribution >= 4 is 16.9 Å². The normalized spacial score (nSPS) is 11.4. The maximum absolute atomic E-state index is 10.8. The number of pyridine rings is 1. The van der Waals surface area contributed by atoms with Crippen LogP contribution in [-0.4, -0.2) is 27.3 Å². The van der Waals surface area contributed by atoms with Crippen LogP contribution < -0.4 is 5.56 Å². The fourth-order valence-corrected chi connectivity index (χ4v) is 1.10. The van der Waals surface area contributed by atoms with Crippen molar-refractivity contribution < 1.29 is 15.0 Å². The van der Waals surface area contributed by atoms with E-state index in [4.69, 9.17) is 10.2 Å². The van der Waals surface area contributed by atoms with E-state index in [2.05, 4.69) is 4.98 Å². The molecule has 0 radical (unpaired) electrons. The van der Waals surface area contributed by atoms with Gasteiger partial charge < -0.3 is 15.2 Å². The second-order valence-corrected chi connectivity index (χ2v) is 3.42. The molecule has 0 spiro atoms. The third-order valence-electron chi connectivity index (χ3n) is 1.99. The molecule has 1 aromatic heterocycles. The number of carbonyl (C=O) groups is 1. The fraction of sp³-hybridized carbons (Fsp3) is 0.167. The number of aromatic amines is 1. The minimum atomic E-state index is -1.23. The predicted octanol–water partition coefficient (Wildman–Crippen LogP) is 0.980. The number of hydrogen-bond acceptors (Lipinski definition) is 3. The smallest absolute Gasteiger partial charge is 0.332 e. The summed E-state index contributed by atoms with van der Waals surface area (Å²) in [6.07, 6.45) is -1.23. The van der Waals surface area contributed by atoms with Crippen molar-refractivity contribution in [2.75, 3.05) is 0 Å². The van der Waals surface area contributed by atoms with Crippen molar-refractivity contribution in [3.63, 3.8) is 0 Å². The van der Waals surface area contributed by atoms with Gasteiger partial charge in [-0.05, 0) is 24.4 Å².